The number of thioether (sulfide) groups is 1. The quantitative estimate of drug-likeness (QED) is 0.658. The third-order valence-electron chi connectivity index (χ3n) is 3.19. The molecule has 1 saturated heterocycles. The number of hydrogen-bond acceptors (Lipinski definition) is 5. The zero-order valence-electron chi connectivity index (χ0n) is 12.9. The highest BCUT2D eigenvalue weighted by atomic mass is 32.2. The van der Waals surface area contributed by atoms with Gasteiger partial charge in [-0.2, -0.15) is 5.10 Å². The summed E-state index contributed by atoms with van der Waals surface area (Å²) in [4.78, 5) is 11.1. The van der Waals surface area contributed by atoms with E-state index in [4.69, 9.17) is 4.74 Å². The molecule has 2 aromatic rings. The van der Waals surface area contributed by atoms with Gasteiger partial charge in [0.15, 0.2) is 5.17 Å². The Balaban J connectivity index is 1.72. The molecule has 0 unspecified atom stereocenters. The number of amides is 1. The summed E-state index contributed by atoms with van der Waals surface area (Å²) in [6.07, 6.45) is 1.40. The molecule has 0 bridgehead atoms. The number of nitrogens with one attached hydrogen (secondary N) is 1. The van der Waals surface area contributed by atoms with Gasteiger partial charge in [0.25, 0.3) is 0 Å². The van der Waals surface area contributed by atoms with Gasteiger partial charge in [-0.25, -0.2) is 8.78 Å². The van der Waals surface area contributed by atoms with E-state index in [1.165, 1.54) is 48.3 Å². The highest BCUT2D eigenvalue weighted by molar-refractivity contribution is 8.15. The van der Waals surface area contributed by atoms with E-state index in [0.29, 0.717) is 22.0 Å². The van der Waals surface area contributed by atoms with Crippen LogP contribution in [0.5, 0.6) is 5.75 Å². The van der Waals surface area contributed by atoms with Crippen LogP contribution in [0.1, 0.15) is 11.1 Å². The second kappa shape index (κ2) is 7.89. The van der Waals surface area contributed by atoms with Gasteiger partial charge in [-0.05, 0) is 29.8 Å². The van der Waals surface area contributed by atoms with Crippen molar-refractivity contribution >= 4 is 29.1 Å². The minimum atomic E-state index is -0.462. The summed E-state index contributed by atoms with van der Waals surface area (Å²) in [5.41, 5.74) is 1.13. The predicted molar refractivity (Wildman–Crippen MR) is 92.8 cm³/mol. The Morgan fingerprint density at radius 2 is 2.04 bits per heavy atom. The molecule has 0 atom stereocenters. The van der Waals surface area contributed by atoms with E-state index in [-0.39, 0.29) is 24.1 Å². The minimum Gasteiger partial charge on any atom is -0.488 e. The topological polar surface area (TPSA) is 63.0 Å². The zero-order chi connectivity index (χ0) is 17.6. The van der Waals surface area contributed by atoms with Gasteiger partial charge in [0.05, 0.1) is 12.0 Å². The largest absolute Gasteiger partial charge is 0.488 e. The molecule has 128 valence electrons. The Morgan fingerprint density at radius 3 is 2.80 bits per heavy atom. The third kappa shape index (κ3) is 4.87. The van der Waals surface area contributed by atoms with E-state index in [1.54, 1.807) is 12.1 Å². The summed E-state index contributed by atoms with van der Waals surface area (Å²) in [7, 11) is 0. The van der Waals surface area contributed by atoms with Gasteiger partial charge in [0, 0.05) is 11.6 Å². The van der Waals surface area contributed by atoms with Gasteiger partial charge in [-0.1, -0.05) is 23.9 Å². The fourth-order valence-electron chi connectivity index (χ4n) is 2.05. The number of carbonyl (C=O) groups is 1. The van der Waals surface area contributed by atoms with E-state index in [9.17, 15) is 13.6 Å². The maximum Gasteiger partial charge on any atom is 0.236 e. The monoisotopic (exact) mass is 361 g/mol. The number of hydrogen-bond donors (Lipinski definition) is 1. The van der Waals surface area contributed by atoms with Crippen LogP contribution in [0.4, 0.5) is 8.78 Å². The molecule has 0 saturated carbocycles. The number of ether oxygens (including phenoxy) is 1. The summed E-state index contributed by atoms with van der Waals surface area (Å²) in [6.45, 7) is 0.0858. The average Bonchev–Trinajstić information content (AvgIpc) is 3.00. The molecule has 1 amide bonds. The number of halogens is 2. The van der Waals surface area contributed by atoms with Crippen molar-refractivity contribution in [3.63, 3.8) is 0 Å². The Hall–Kier alpha value is -2.74. The first-order valence-corrected chi connectivity index (χ1v) is 8.29. The lowest BCUT2D eigenvalue weighted by Crippen LogP contribution is -2.19. The molecule has 1 aliphatic heterocycles. The lowest BCUT2D eigenvalue weighted by Gasteiger charge is -2.09. The number of rotatable bonds is 5. The van der Waals surface area contributed by atoms with E-state index in [2.05, 4.69) is 15.5 Å². The molecule has 0 radical (unpaired) electrons. The molecule has 8 heteroatoms. The summed E-state index contributed by atoms with van der Waals surface area (Å²) in [6, 6.07) is 9.96. The van der Waals surface area contributed by atoms with Crippen LogP contribution in [0.3, 0.4) is 0 Å². The first-order valence-electron chi connectivity index (χ1n) is 7.30. The van der Waals surface area contributed by atoms with Crippen molar-refractivity contribution in [1.29, 1.82) is 0 Å². The van der Waals surface area contributed by atoms with Gasteiger partial charge in [-0.3, -0.25) is 4.79 Å². The Morgan fingerprint density at radius 1 is 1.20 bits per heavy atom. The van der Waals surface area contributed by atoms with E-state index < -0.39 is 5.82 Å². The Bertz CT molecular complexity index is 856. The molecule has 1 fully saturated rings. The van der Waals surface area contributed by atoms with Crippen LogP contribution in [0, 0.1) is 11.6 Å². The van der Waals surface area contributed by atoms with Crippen LogP contribution >= 0.6 is 11.8 Å². The molecule has 1 N–H and O–H groups in total. The molecule has 3 rings (SSSR count). The second-order valence-corrected chi connectivity index (χ2v) is 6.05. The van der Waals surface area contributed by atoms with Crippen molar-refractivity contribution < 1.29 is 18.3 Å². The van der Waals surface area contributed by atoms with Gasteiger partial charge >= 0.3 is 0 Å². The van der Waals surface area contributed by atoms with Gasteiger partial charge in [-0.15, -0.1) is 5.10 Å². The number of benzene rings is 2. The van der Waals surface area contributed by atoms with Crippen molar-refractivity contribution in [2.45, 2.75) is 6.61 Å². The van der Waals surface area contributed by atoms with E-state index >= 15 is 0 Å². The number of nitrogens with zero attached hydrogens (tertiary/aromatic N) is 2. The van der Waals surface area contributed by atoms with Crippen LogP contribution in [-0.4, -0.2) is 23.0 Å². The van der Waals surface area contributed by atoms with Crippen molar-refractivity contribution in [2.75, 3.05) is 5.75 Å². The van der Waals surface area contributed by atoms with Crippen molar-refractivity contribution in [1.82, 2.24) is 5.32 Å². The van der Waals surface area contributed by atoms with Crippen LogP contribution in [0.2, 0.25) is 0 Å². The van der Waals surface area contributed by atoms with Crippen LogP contribution in [0.25, 0.3) is 0 Å². The van der Waals surface area contributed by atoms with Crippen LogP contribution in [-0.2, 0) is 11.4 Å². The molecule has 25 heavy (non-hydrogen) atoms. The maximum atomic E-state index is 13.5. The van der Waals surface area contributed by atoms with Crippen molar-refractivity contribution in [2.24, 2.45) is 10.2 Å². The number of amidine groups is 1. The fourth-order valence-corrected chi connectivity index (χ4v) is 2.68. The number of carbonyl (C=O) groups excluding carboxylic acids is 1. The smallest absolute Gasteiger partial charge is 0.236 e. The molecular weight excluding hydrogens is 348 g/mol. The summed E-state index contributed by atoms with van der Waals surface area (Å²) in [5, 5.41) is 10.7. The lowest BCUT2D eigenvalue weighted by atomic mass is 10.2. The Labute approximate surface area is 146 Å². The predicted octanol–water partition coefficient (Wildman–Crippen LogP) is 3.10. The van der Waals surface area contributed by atoms with Gasteiger partial charge in [0.2, 0.25) is 5.91 Å². The SMILES string of the molecule is O=C1CSC(=NN=Cc2ccc(F)cc2OCc2cccc(F)c2)N1. The molecule has 0 aromatic heterocycles. The summed E-state index contributed by atoms with van der Waals surface area (Å²) >= 11 is 1.25. The molecule has 1 heterocycles. The molecule has 0 aliphatic carbocycles. The second-order valence-electron chi connectivity index (χ2n) is 5.09. The molecule has 5 nitrogen and oxygen atoms in total. The highest BCUT2D eigenvalue weighted by Gasteiger charge is 2.16. The van der Waals surface area contributed by atoms with E-state index in [0.717, 1.165) is 0 Å². The van der Waals surface area contributed by atoms with Crippen LogP contribution < -0.4 is 10.1 Å². The first kappa shape index (κ1) is 17.1. The van der Waals surface area contributed by atoms with Crippen molar-refractivity contribution in [3.05, 3.63) is 65.2 Å². The highest BCUT2D eigenvalue weighted by Crippen LogP contribution is 2.20. The zero-order valence-corrected chi connectivity index (χ0v) is 13.7. The van der Waals surface area contributed by atoms with Gasteiger partial charge < -0.3 is 10.1 Å². The fraction of sp³-hybridized carbons (Fsp3) is 0.118. The standard InChI is InChI=1S/C17H13F2N3O2S/c18-13-3-1-2-11(6-13)9-24-15-7-14(19)5-4-12(15)8-20-22-17-21-16(23)10-25-17/h1-8H,9-10H2,(H,21,22,23). The summed E-state index contributed by atoms with van der Waals surface area (Å²) < 4.78 is 32.3. The molecule has 2 aromatic carbocycles. The maximum absolute atomic E-state index is 13.5. The first-order chi connectivity index (χ1) is 12.1. The third-order valence-corrected chi connectivity index (χ3v) is 4.05. The van der Waals surface area contributed by atoms with Crippen LogP contribution in [0.15, 0.2) is 52.7 Å². The normalized spacial score (nSPS) is 15.8. The average molecular weight is 361 g/mol. The summed E-state index contributed by atoms with van der Waals surface area (Å²) in [5.74, 6) is -0.381. The lowest BCUT2D eigenvalue weighted by molar-refractivity contribution is -0.116. The minimum absolute atomic E-state index is 0.0858. The van der Waals surface area contributed by atoms with Gasteiger partial charge in [0.1, 0.15) is 24.0 Å². The Kier molecular flexibility index (Phi) is 5.39. The van der Waals surface area contributed by atoms with Crippen molar-refractivity contribution in [3.8, 4) is 5.75 Å². The molecular formula is C17H13F2N3O2S. The molecule has 1 aliphatic rings. The van der Waals surface area contributed by atoms with E-state index in [1.807, 2.05) is 0 Å². The molecule has 0 spiro atoms.